The molecule has 0 aliphatic carbocycles. The first kappa shape index (κ1) is 16.0. The Morgan fingerprint density at radius 1 is 1.09 bits per heavy atom. The molecule has 116 valence electrons. The minimum Gasteiger partial charge on any atom is -0.380 e. The van der Waals surface area contributed by atoms with Crippen LogP contribution in [-0.4, -0.2) is 12.5 Å². The lowest BCUT2D eigenvalue weighted by molar-refractivity contribution is 0.0950. The molecule has 2 aromatic carbocycles. The molecule has 2 rings (SSSR count). The molecule has 0 unspecified atom stereocenters. The normalized spacial score (nSPS) is 10.5. The van der Waals surface area contributed by atoms with Crippen LogP contribution in [0.25, 0.3) is 0 Å². The van der Waals surface area contributed by atoms with Crippen LogP contribution in [-0.2, 0) is 6.54 Å². The number of benzene rings is 2. The Labute approximate surface area is 130 Å². The fourth-order valence-corrected chi connectivity index (χ4v) is 2.06. The number of para-hydroxylation sites is 1. The molecule has 0 radical (unpaired) electrons. The van der Waals surface area contributed by atoms with Crippen molar-refractivity contribution < 1.29 is 9.18 Å². The van der Waals surface area contributed by atoms with E-state index in [0.29, 0.717) is 35.8 Å². The predicted molar refractivity (Wildman–Crippen MR) is 87.3 cm³/mol. The Kier molecular flexibility index (Phi) is 5.53. The maximum absolute atomic E-state index is 13.6. The number of carbonyl (C=O) groups excluding carboxylic acids is 1. The van der Waals surface area contributed by atoms with Gasteiger partial charge in [-0.3, -0.25) is 4.79 Å². The van der Waals surface area contributed by atoms with Gasteiger partial charge in [-0.15, -0.1) is 0 Å². The third kappa shape index (κ3) is 4.32. The van der Waals surface area contributed by atoms with E-state index in [4.69, 9.17) is 0 Å². The minimum atomic E-state index is -0.253. The molecule has 22 heavy (non-hydrogen) atoms. The molecule has 0 saturated heterocycles. The summed E-state index contributed by atoms with van der Waals surface area (Å²) < 4.78 is 13.6. The largest absolute Gasteiger partial charge is 0.380 e. The Morgan fingerprint density at radius 2 is 1.77 bits per heavy atom. The maximum atomic E-state index is 13.6. The van der Waals surface area contributed by atoms with Gasteiger partial charge in [0.25, 0.3) is 5.91 Å². The molecule has 0 aliphatic heterocycles. The quantitative estimate of drug-likeness (QED) is 0.851. The van der Waals surface area contributed by atoms with Crippen LogP contribution in [0.3, 0.4) is 0 Å². The molecule has 0 spiro atoms. The van der Waals surface area contributed by atoms with Gasteiger partial charge in [0, 0.05) is 24.3 Å². The van der Waals surface area contributed by atoms with E-state index in [9.17, 15) is 9.18 Å². The van der Waals surface area contributed by atoms with Crippen molar-refractivity contribution in [2.45, 2.75) is 20.4 Å². The first-order chi connectivity index (χ1) is 10.6. The molecule has 0 heterocycles. The fraction of sp³-hybridized carbons (Fsp3) is 0.278. The molecule has 2 N–H and O–H groups in total. The average molecular weight is 300 g/mol. The zero-order chi connectivity index (χ0) is 15.9. The van der Waals surface area contributed by atoms with Crippen molar-refractivity contribution in [2.24, 2.45) is 5.92 Å². The zero-order valence-electron chi connectivity index (χ0n) is 12.9. The van der Waals surface area contributed by atoms with Crippen molar-refractivity contribution in [2.75, 3.05) is 11.9 Å². The molecule has 0 saturated carbocycles. The number of amides is 1. The lowest BCUT2D eigenvalue weighted by Gasteiger charge is -2.13. The van der Waals surface area contributed by atoms with Crippen LogP contribution in [0.1, 0.15) is 29.8 Å². The van der Waals surface area contributed by atoms with Gasteiger partial charge in [-0.25, -0.2) is 4.39 Å². The molecule has 0 aromatic heterocycles. The van der Waals surface area contributed by atoms with Gasteiger partial charge in [-0.05, 0) is 24.1 Å². The van der Waals surface area contributed by atoms with Gasteiger partial charge in [0.2, 0.25) is 0 Å². The Balaban J connectivity index is 2.08. The Bertz CT molecular complexity index is 640. The first-order valence-electron chi connectivity index (χ1n) is 7.42. The number of carbonyl (C=O) groups is 1. The van der Waals surface area contributed by atoms with Crippen molar-refractivity contribution in [3.8, 4) is 0 Å². The SMILES string of the molecule is CC(C)CNC(=O)c1ccccc1NCc1ccccc1F. The van der Waals surface area contributed by atoms with E-state index in [2.05, 4.69) is 10.6 Å². The zero-order valence-corrected chi connectivity index (χ0v) is 12.9. The lowest BCUT2D eigenvalue weighted by Crippen LogP contribution is -2.28. The summed E-state index contributed by atoms with van der Waals surface area (Å²) in [5.74, 6) is 0.0181. The van der Waals surface area contributed by atoms with Crippen LogP contribution in [0.5, 0.6) is 0 Å². The highest BCUT2D eigenvalue weighted by Gasteiger charge is 2.11. The molecule has 3 nitrogen and oxygen atoms in total. The summed E-state index contributed by atoms with van der Waals surface area (Å²) in [6, 6.07) is 13.9. The van der Waals surface area contributed by atoms with E-state index < -0.39 is 0 Å². The summed E-state index contributed by atoms with van der Waals surface area (Å²) in [5.41, 5.74) is 1.84. The van der Waals surface area contributed by atoms with Crippen molar-refractivity contribution in [3.63, 3.8) is 0 Å². The van der Waals surface area contributed by atoms with Crippen LogP contribution in [0, 0.1) is 11.7 Å². The van der Waals surface area contributed by atoms with Crippen molar-refractivity contribution in [1.82, 2.24) is 5.32 Å². The molecule has 0 atom stereocenters. The average Bonchev–Trinajstić information content (AvgIpc) is 2.52. The molecule has 0 aliphatic rings. The van der Waals surface area contributed by atoms with E-state index in [1.165, 1.54) is 6.07 Å². The fourth-order valence-electron chi connectivity index (χ4n) is 2.06. The molecule has 4 heteroatoms. The van der Waals surface area contributed by atoms with Crippen LogP contribution in [0.15, 0.2) is 48.5 Å². The van der Waals surface area contributed by atoms with Gasteiger partial charge in [0.15, 0.2) is 0 Å². The van der Waals surface area contributed by atoms with E-state index >= 15 is 0 Å². The molecule has 0 bridgehead atoms. The summed E-state index contributed by atoms with van der Waals surface area (Å²) in [6.45, 7) is 5.05. The second-order valence-corrected chi connectivity index (χ2v) is 5.59. The molecular formula is C18H21FN2O. The highest BCUT2D eigenvalue weighted by atomic mass is 19.1. The lowest BCUT2D eigenvalue weighted by atomic mass is 10.1. The second-order valence-electron chi connectivity index (χ2n) is 5.59. The summed E-state index contributed by atoms with van der Waals surface area (Å²) in [4.78, 5) is 12.2. The summed E-state index contributed by atoms with van der Waals surface area (Å²) in [6.07, 6.45) is 0. The van der Waals surface area contributed by atoms with Gasteiger partial charge in [-0.1, -0.05) is 44.2 Å². The predicted octanol–water partition coefficient (Wildman–Crippen LogP) is 3.82. The van der Waals surface area contributed by atoms with Crippen molar-refractivity contribution >= 4 is 11.6 Å². The van der Waals surface area contributed by atoms with E-state index in [-0.39, 0.29) is 11.7 Å². The highest BCUT2D eigenvalue weighted by Crippen LogP contribution is 2.17. The smallest absolute Gasteiger partial charge is 0.253 e. The monoisotopic (exact) mass is 300 g/mol. The third-order valence-electron chi connectivity index (χ3n) is 3.27. The maximum Gasteiger partial charge on any atom is 0.253 e. The second kappa shape index (κ2) is 7.59. The van der Waals surface area contributed by atoms with Gasteiger partial charge in [0.1, 0.15) is 5.82 Å². The third-order valence-corrected chi connectivity index (χ3v) is 3.27. The summed E-state index contributed by atoms with van der Waals surface area (Å²) in [7, 11) is 0. The van der Waals surface area contributed by atoms with E-state index in [1.807, 2.05) is 32.0 Å². The topological polar surface area (TPSA) is 41.1 Å². The number of hydrogen-bond acceptors (Lipinski definition) is 2. The van der Waals surface area contributed by atoms with Crippen LogP contribution >= 0.6 is 0 Å². The Hall–Kier alpha value is -2.36. The van der Waals surface area contributed by atoms with Gasteiger partial charge in [-0.2, -0.15) is 0 Å². The standard InChI is InChI=1S/C18H21FN2O/c1-13(2)11-21-18(22)15-8-4-6-10-17(15)20-12-14-7-3-5-9-16(14)19/h3-10,13,20H,11-12H2,1-2H3,(H,21,22). The van der Waals surface area contributed by atoms with E-state index in [0.717, 1.165) is 0 Å². The van der Waals surface area contributed by atoms with Gasteiger partial charge >= 0.3 is 0 Å². The number of halogens is 1. The van der Waals surface area contributed by atoms with Crippen LogP contribution < -0.4 is 10.6 Å². The van der Waals surface area contributed by atoms with Crippen LogP contribution in [0.2, 0.25) is 0 Å². The molecule has 1 amide bonds. The molecular weight excluding hydrogens is 279 g/mol. The summed E-state index contributed by atoms with van der Waals surface area (Å²) >= 11 is 0. The van der Waals surface area contributed by atoms with Gasteiger partial charge in [0.05, 0.1) is 5.56 Å². The molecule has 2 aromatic rings. The van der Waals surface area contributed by atoms with E-state index in [1.54, 1.807) is 24.3 Å². The van der Waals surface area contributed by atoms with Gasteiger partial charge < -0.3 is 10.6 Å². The van der Waals surface area contributed by atoms with Crippen molar-refractivity contribution in [3.05, 3.63) is 65.5 Å². The molecule has 0 fully saturated rings. The number of hydrogen-bond donors (Lipinski definition) is 2. The number of anilines is 1. The number of nitrogens with one attached hydrogen (secondary N) is 2. The first-order valence-corrected chi connectivity index (χ1v) is 7.42. The van der Waals surface area contributed by atoms with Crippen LogP contribution in [0.4, 0.5) is 10.1 Å². The summed E-state index contributed by atoms with van der Waals surface area (Å²) in [5, 5.41) is 6.03. The number of rotatable bonds is 6. The highest BCUT2D eigenvalue weighted by molar-refractivity contribution is 5.99. The minimum absolute atomic E-state index is 0.120. The van der Waals surface area contributed by atoms with Crippen molar-refractivity contribution in [1.29, 1.82) is 0 Å². The Morgan fingerprint density at radius 3 is 2.50 bits per heavy atom.